The topological polar surface area (TPSA) is 82.6 Å². The number of pyridine rings is 1. The predicted molar refractivity (Wildman–Crippen MR) is 90.1 cm³/mol. The minimum atomic E-state index is -3.26. The molecule has 0 radical (unpaired) electrons. The van der Waals surface area contributed by atoms with Crippen LogP contribution in [-0.2, 0) is 10.0 Å². The Morgan fingerprint density at radius 3 is 2.83 bits per heavy atom. The van der Waals surface area contributed by atoms with Crippen LogP contribution < -0.4 is 9.62 Å². The summed E-state index contributed by atoms with van der Waals surface area (Å²) in [5.74, 6) is 0.647. The van der Waals surface area contributed by atoms with Crippen LogP contribution in [0.15, 0.2) is 18.3 Å². The molecule has 0 aliphatic carbocycles. The van der Waals surface area contributed by atoms with E-state index in [4.69, 9.17) is 0 Å². The molecule has 7 nitrogen and oxygen atoms in total. The van der Waals surface area contributed by atoms with Gasteiger partial charge in [0.15, 0.2) is 0 Å². The Labute approximate surface area is 137 Å². The molecule has 2 heterocycles. The third-order valence-corrected chi connectivity index (χ3v) is 4.61. The van der Waals surface area contributed by atoms with Crippen molar-refractivity contribution < 1.29 is 13.2 Å². The van der Waals surface area contributed by atoms with E-state index in [2.05, 4.69) is 9.71 Å². The molecule has 0 aromatic carbocycles. The van der Waals surface area contributed by atoms with Gasteiger partial charge in [-0.25, -0.2) is 18.1 Å². The van der Waals surface area contributed by atoms with Crippen LogP contribution in [0.2, 0.25) is 0 Å². The van der Waals surface area contributed by atoms with Crippen molar-refractivity contribution in [3.8, 4) is 0 Å². The van der Waals surface area contributed by atoms with Gasteiger partial charge in [-0.3, -0.25) is 4.79 Å². The monoisotopic (exact) mass is 340 g/mol. The Hall–Kier alpha value is -1.67. The van der Waals surface area contributed by atoms with Gasteiger partial charge in [0.2, 0.25) is 10.0 Å². The van der Waals surface area contributed by atoms with Crippen LogP contribution in [0.25, 0.3) is 0 Å². The quantitative estimate of drug-likeness (QED) is 0.853. The maximum Gasteiger partial charge on any atom is 0.254 e. The van der Waals surface area contributed by atoms with Crippen molar-refractivity contribution in [1.82, 2.24) is 14.6 Å². The van der Waals surface area contributed by atoms with Gasteiger partial charge in [-0.05, 0) is 31.4 Å². The zero-order chi connectivity index (χ0) is 17.0. The van der Waals surface area contributed by atoms with E-state index in [0.29, 0.717) is 12.1 Å². The molecule has 0 saturated carbocycles. The van der Waals surface area contributed by atoms with Gasteiger partial charge in [-0.2, -0.15) is 0 Å². The Bertz CT molecular complexity index is 660. The van der Waals surface area contributed by atoms with E-state index < -0.39 is 10.0 Å². The molecule has 2 rings (SSSR count). The fraction of sp³-hybridized carbons (Fsp3) is 0.600. The summed E-state index contributed by atoms with van der Waals surface area (Å²) in [7, 11) is 0.483. The maximum absolute atomic E-state index is 12.8. The van der Waals surface area contributed by atoms with E-state index in [1.165, 1.54) is 0 Å². The molecular weight excluding hydrogens is 316 g/mol. The standard InChI is InChI=1S/C15H24N4O3S/c1-18(2)14-10-12(7-8-16-14)15(20)19-9-5-4-6-13(19)11-17-23(3,21)22/h7-8,10,13,17H,4-6,9,11H2,1-3H3/t13-/m0/s1. The minimum absolute atomic E-state index is 0.0736. The third kappa shape index (κ3) is 4.90. The van der Waals surface area contributed by atoms with Crippen LogP contribution in [0.5, 0.6) is 0 Å². The van der Waals surface area contributed by atoms with Crippen molar-refractivity contribution in [3.63, 3.8) is 0 Å². The Morgan fingerprint density at radius 1 is 1.43 bits per heavy atom. The minimum Gasteiger partial charge on any atom is -0.363 e. The number of hydrogen-bond acceptors (Lipinski definition) is 5. The van der Waals surface area contributed by atoms with Crippen molar-refractivity contribution in [2.75, 3.05) is 38.3 Å². The average molecular weight is 340 g/mol. The second-order valence-corrected chi connectivity index (χ2v) is 7.90. The number of likely N-dealkylation sites (tertiary alicyclic amines) is 1. The van der Waals surface area contributed by atoms with Gasteiger partial charge in [-0.15, -0.1) is 0 Å². The number of rotatable bonds is 5. The van der Waals surface area contributed by atoms with Gasteiger partial charge in [0, 0.05) is 45.0 Å². The lowest BCUT2D eigenvalue weighted by Crippen LogP contribution is -2.49. The second-order valence-electron chi connectivity index (χ2n) is 6.07. The normalized spacial score (nSPS) is 18.7. The van der Waals surface area contributed by atoms with Crippen molar-refractivity contribution in [2.24, 2.45) is 0 Å². The van der Waals surface area contributed by atoms with Gasteiger partial charge in [0.05, 0.1) is 6.26 Å². The largest absolute Gasteiger partial charge is 0.363 e. The molecule has 1 N–H and O–H groups in total. The number of carbonyl (C=O) groups excluding carboxylic acids is 1. The summed E-state index contributed by atoms with van der Waals surface area (Å²) in [5.41, 5.74) is 0.579. The fourth-order valence-electron chi connectivity index (χ4n) is 2.69. The first kappa shape index (κ1) is 17.7. The Balaban J connectivity index is 2.16. The molecule has 0 bridgehead atoms. The molecule has 1 amide bonds. The van der Waals surface area contributed by atoms with E-state index in [0.717, 1.165) is 31.3 Å². The molecule has 0 spiro atoms. The van der Waals surface area contributed by atoms with E-state index in [1.807, 2.05) is 19.0 Å². The first-order chi connectivity index (χ1) is 10.8. The SMILES string of the molecule is CN(C)c1cc(C(=O)N2CCCC[C@H]2CNS(C)(=O)=O)ccn1. The molecule has 1 aliphatic rings. The molecule has 1 aromatic heterocycles. The van der Waals surface area contributed by atoms with Gasteiger partial charge in [0.25, 0.3) is 5.91 Å². The van der Waals surface area contributed by atoms with Crippen molar-refractivity contribution in [3.05, 3.63) is 23.9 Å². The number of aromatic nitrogens is 1. The number of carbonyl (C=O) groups is 1. The number of piperidine rings is 1. The fourth-order valence-corrected chi connectivity index (χ4v) is 3.18. The van der Waals surface area contributed by atoms with Crippen LogP contribution in [0, 0.1) is 0 Å². The van der Waals surface area contributed by atoms with Gasteiger partial charge in [-0.1, -0.05) is 0 Å². The molecule has 1 aliphatic heterocycles. The van der Waals surface area contributed by atoms with E-state index >= 15 is 0 Å². The van der Waals surface area contributed by atoms with Crippen LogP contribution in [-0.4, -0.2) is 63.7 Å². The third-order valence-electron chi connectivity index (χ3n) is 3.92. The zero-order valence-electron chi connectivity index (χ0n) is 13.8. The molecule has 8 heteroatoms. The van der Waals surface area contributed by atoms with E-state index in [1.54, 1.807) is 23.2 Å². The Kier molecular flexibility index (Phi) is 5.59. The smallest absolute Gasteiger partial charge is 0.254 e. The van der Waals surface area contributed by atoms with Gasteiger partial charge < -0.3 is 9.80 Å². The molecule has 1 atom stereocenters. The molecule has 23 heavy (non-hydrogen) atoms. The van der Waals surface area contributed by atoms with E-state index in [-0.39, 0.29) is 18.5 Å². The molecule has 128 valence electrons. The van der Waals surface area contributed by atoms with Gasteiger partial charge in [0.1, 0.15) is 5.82 Å². The van der Waals surface area contributed by atoms with E-state index in [9.17, 15) is 13.2 Å². The second kappa shape index (κ2) is 7.27. The predicted octanol–water partition coefficient (Wildman–Crippen LogP) is 0.692. The Morgan fingerprint density at radius 2 is 2.17 bits per heavy atom. The summed E-state index contributed by atoms with van der Waals surface area (Å²) in [4.78, 5) is 20.6. The van der Waals surface area contributed by atoms with Crippen LogP contribution in [0.3, 0.4) is 0 Å². The lowest BCUT2D eigenvalue weighted by molar-refractivity contribution is 0.0618. The lowest BCUT2D eigenvalue weighted by atomic mass is 10.0. The summed E-state index contributed by atoms with van der Waals surface area (Å²) in [6, 6.07) is 3.35. The number of nitrogens with one attached hydrogen (secondary N) is 1. The summed E-state index contributed by atoms with van der Waals surface area (Å²) in [5, 5.41) is 0. The first-order valence-corrected chi connectivity index (χ1v) is 9.56. The highest BCUT2D eigenvalue weighted by atomic mass is 32.2. The van der Waals surface area contributed by atoms with Crippen molar-refractivity contribution in [2.45, 2.75) is 25.3 Å². The molecule has 1 fully saturated rings. The average Bonchev–Trinajstić information content (AvgIpc) is 2.52. The summed E-state index contributed by atoms with van der Waals surface area (Å²) in [6.45, 7) is 0.907. The first-order valence-electron chi connectivity index (χ1n) is 7.67. The molecule has 0 unspecified atom stereocenters. The number of sulfonamides is 1. The highest BCUT2D eigenvalue weighted by Crippen LogP contribution is 2.20. The summed E-state index contributed by atoms with van der Waals surface area (Å²) >= 11 is 0. The molecular formula is C15H24N4O3S. The highest BCUT2D eigenvalue weighted by Gasteiger charge is 2.28. The van der Waals surface area contributed by atoms with Gasteiger partial charge >= 0.3 is 0 Å². The van der Waals surface area contributed by atoms with Crippen LogP contribution in [0.1, 0.15) is 29.6 Å². The van der Waals surface area contributed by atoms with Crippen molar-refractivity contribution >= 4 is 21.7 Å². The summed E-state index contributed by atoms with van der Waals surface area (Å²) in [6.07, 6.45) is 5.50. The molecule has 1 aromatic rings. The van der Waals surface area contributed by atoms with Crippen molar-refractivity contribution in [1.29, 1.82) is 0 Å². The lowest BCUT2D eigenvalue weighted by Gasteiger charge is -2.36. The van der Waals surface area contributed by atoms with Crippen LogP contribution in [0.4, 0.5) is 5.82 Å². The number of anilines is 1. The zero-order valence-corrected chi connectivity index (χ0v) is 14.6. The molecule has 1 saturated heterocycles. The number of amides is 1. The maximum atomic E-state index is 12.8. The number of nitrogens with zero attached hydrogens (tertiary/aromatic N) is 3. The highest BCUT2D eigenvalue weighted by molar-refractivity contribution is 7.88. The van der Waals surface area contributed by atoms with Crippen LogP contribution >= 0.6 is 0 Å². The number of hydrogen-bond donors (Lipinski definition) is 1. The summed E-state index contributed by atoms with van der Waals surface area (Å²) < 4.78 is 25.1.